The highest BCUT2D eigenvalue weighted by atomic mass is 35.5. The predicted molar refractivity (Wildman–Crippen MR) is 117 cm³/mol. The third-order valence-corrected chi connectivity index (χ3v) is 5.71. The van der Waals surface area contributed by atoms with E-state index in [0.29, 0.717) is 15.6 Å². The molecule has 2 aromatic rings. The summed E-state index contributed by atoms with van der Waals surface area (Å²) in [5, 5.41) is 3.44. The summed E-state index contributed by atoms with van der Waals surface area (Å²) in [6.45, 7) is -0.114. The maximum atomic E-state index is 12.9. The number of nitrogens with one attached hydrogen (secondary N) is 2. The lowest BCUT2D eigenvalue weighted by molar-refractivity contribution is -0.212. The molecule has 0 aliphatic heterocycles. The monoisotopic (exact) mass is 474 g/mol. The highest BCUT2D eigenvalue weighted by Gasteiger charge is 2.36. The number of rotatable bonds is 10. The number of hydrogen-bond donors (Lipinski definition) is 2. The second-order valence-corrected chi connectivity index (χ2v) is 9.26. The van der Waals surface area contributed by atoms with Crippen LogP contribution in [0.1, 0.15) is 11.1 Å². The molecule has 0 aliphatic carbocycles. The second kappa shape index (κ2) is 10.6. The van der Waals surface area contributed by atoms with Gasteiger partial charge in [0.15, 0.2) is 0 Å². The van der Waals surface area contributed by atoms with Crippen molar-refractivity contribution in [3.8, 4) is 0 Å². The molecule has 10 heteroatoms. The molecule has 0 aliphatic rings. The zero-order valence-corrected chi connectivity index (χ0v) is 19.1. The molecule has 0 saturated heterocycles. The normalized spacial score (nSPS) is 13.1. The minimum atomic E-state index is -3.63. The van der Waals surface area contributed by atoms with Crippen molar-refractivity contribution in [2.75, 3.05) is 27.0 Å². The number of benzene rings is 2. The summed E-state index contributed by atoms with van der Waals surface area (Å²) in [5.41, 5.74) is 1.27. The van der Waals surface area contributed by atoms with Gasteiger partial charge in [0, 0.05) is 24.8 Å². The molecule has 1 amide bonds. The van der Waals surface area contributed by atoms with Crippen LogP contribution in [0.25, 0.3) is 0 Å². The molecule has 2 rings (SSSR count). The molecule has 0 saturated carbocycles. The lowest BCUT2D eigenvalue weighted by Gasteiger charge is -2.32. The largest absolute Gasteiger partial charge is 0.349 e. The molecule has 1 unspecified atom stereocenters. The molecule has 0 aromatic heterocycles. The predicted octanol–water partition coefficient (Wildman–Crippen LogP) is 2.72. The highest BCUT2D eigenvalue weighted by molar-refractivity contribution is 7.88. The average Bonchev–Trinajstić information content (AvgIpc) is 2.69. The van der Waals surface area contributed by atoms with Crippen molar-refractivity contribution in [3.63, 3.8) is 0 Å². The Morgan fingerprint density at radius 3 is 2.27 bits per heavy atom. The SMILES string of the molecule is COC(CNC(=O)C(Cc1ccccc1)NS(C)(=O)=O)(OC)c1ccc(Cl)cc1Cl. The van der Waals surface area contributed by atoms with Crippen molar-refractivity contribution >= 4 is 39.1 Å². The van der Waals surface area contributed by atoms with Gasteiger partial charge in [-0.1, -0.05) is 59.6 Å². The van der Waals surface area contributed by atoms with Crippen LogP contribution in [0.15, 0.2) is 48.5 Å². The van der Waals surface area contributed by atoms with Gasteiger partial charge in [0.1, 0.15) is 6.04 Å². The van der Waals surface area contributed by atoms with E-state index in [0.717, 1.165) is 11.8 Å². The van der Waals surface area contributed by atoms with Gasteiger partial charge < -0.3 is 14.8 Å². The summed E-state index contributed by atoms with van der Waals surface area (Å²) in [5.74, 6) is -1.92. The van der Waals surface area contributed by atoms with Crippen LogP contribution in [0.4, 0.5) is 0 Å². The number of ether oxygens (including phenoxy) is 2. The first-order valence-corrected chi connectivity index (χ1v) is 11.6. The fourth-order valence-electron chi connectivity index (χ4n) is 2.96. The van der Waals surface area contributed by atoms with Crippen LogP contribution < -0.4 is 10.0 Å². The van der Waals surface area contributed by atoms with E-state index >= 15 is 0 Å². The van der Waals surface area contributed by atoms with E-state index in [4.69, 9.17) is 32.7 Å². The van der Waals surface area contributed by atoms with E-state index < -0.39 is 27.8 Å². The van der Waals surface area contributed by atoms with Gasteiger partial charge in [0.05, 0.1) is 17.8 Å². The Kier molecular flexibility index (Phi) is 8.66. The Morgan fingerprint density at radius 1 is 1.10 bits per heavy atom. The Morgan fingerprint density at radius 2 is 1.73 bits per heavy atom. The lowest BCUT2D eigenvalue weighted by atomic mass is 10.0. The molecule has 7 nitrogen and oxygen atoms in total. The first kappa shape index (κ1) is 24.6. The summed E-state index contributed by atoms with van der Waals surface area (Å²) < 4.78 is 37.0. The number of carbonyl (C=O) groups excluding carboxylic acids is 1. The van der Waals surface area contributed by atoms with Crippen LogP contribution in [0, 0.1) is 0 Å². The van der Waals surface area contributed by atoms with Crippen molar-refractivity contribution in [3.05, 3.63) is 69.7 Å². The molecule has 0 radical (unpaired) electrons. The van der Waals surface area contributed by atoms with Gasteiger partial charge in [-0.25, -0.2) is 13.1 Å². The van der Waals surface area contributed by atoms with Crippen LogP contribution in [0.3, 0.4) is 0 Å². The van der Waals surface area contributed by atoms with E-state index in [-0.39, 0.29) is 13.0 Å². The first-order valence-electron chi connectivity index (χ1n) is 8.95. The number of halogens is 2. The van der Waals surface area contributed by atoms with Gasteiger partial charge in [-0.15, -0.1) is 0 Å². The first-order chi connectivity index (χ1) is 14.1. The van der Waals surface area contributed by atoms with Gasteiger partial charge in [0.25, 0.3) is 0 Å². The van der Waals surface area contributed by atoms with Crippen LogP contribution in [0.5, 0.6) is 0 Å². The summed E-state index contributed by atoms with van der Waals surface area (Å²) in [7, 11) is -0.799. The fraction of sp³-hybridized carbons (Fsp3) is 0.350. The summed E-state index contributed by atoms with van der Waals surface area (Å²) in [6.07, 6.45) is 1.18. The Labute approximate surface area is 186 Å². The van der Waals surface area contributed by atoms with Crippen molar-refractivity contribution in [2.45, 2.75) is 18.2 Å². The van der Waals surface area contributed by atoms with Gasteiger partial charge in [-0.05, 0) is 24.1 Å². The number of carbonyl (C=O) groups is 1. The van der Waals surface area contributed by atoms with E-state index in [2.05, 4.69) is 10.0 Å². The third-order valence-electron chi connectivity index (χ3n) is 4.45. The molecular weight excluding hydrogens is 451 g/mol. The zero-order valence-electron chi connectivity index (χ0n) is 16.8. The Balaban J connectivity index is 2.23. The van der Waals surface area contributed by atoms with Crippen LogP contribution in [-0.4, -0.2) is 47.4 Å². The minimum Gasteiger partial charge on any atom is -0.349 e. The fourth-order valence-corrected chi connectivity index (χ4v) is 4.22. The molecule has 0 bridgehead atoms. The zero-order chi connectivity index (χ0) is 22.4. The van der Waals surface area contributed by atoms with Crippen molar-refractivity contribution in [2.24, 2.45) is 0 Å². The molecule has 0 fully saturated rings. The summed E-state index contributed by atoms with van der Waals surface area (Å²) >= 11 is 12.3. The smallest absolute Gasteiger partial charge is 0.238 e. The van der Waals surface area contributed by atoms with E-state index in [1.165, 1.54) is 20.3 Å². The Hall–Kier alpha value is -1.68. The topological polar surface area (TPSA) is 93.7 Å². The van der Waals surface area contributed by atoms with E-state index in [9.17, 15) is 13.2 Å². The van der Waals surface area contributed by atoms with Gasteiger partial charge in [-0.2, -0.15) is 0 Å². The summed E-state index contributed by atoms with van der Waals surface area (Å²) in [4.78, 5) is 12.9. The molecule has 0 spiro atoms. The summed E-state index contributed by atoms with van der Waals surface area (Å²) in [6, 6.07) is 12.9. The second-order valence-electron chi connectivity index (χ2n) is 6.64. The highest BCUT2D eigenvalue weighted by Crippen LogP contribution is 2.33. The molecule has 164 valence electrons. The molecule has 30 heavy (non-hydrogen) atoms. The number of sulfonamides is 1. The maximum Gasteiger partial charge on any atom is 0.238 e. The molecule has 0 heterocycles. The quantitative estimate of drug-likeness (QED) is 0.516. The van der Waals surface area contributed by atoms with Crippen molar-refractivity contribution in [1.82, 2.24) is 10.0 Å². The van der Waals surface area contributed by atoms with Gasteiger partial charge >= 0.3 is 0 Å². The Bertz CT molecular complexity index is 966. The average molecular weight is 475 g/mol. The van der Waals surface area contributed by atoms with Gasteiger partial charge in [0.2, 0.25) is 21.7 Å². The maximum absolute atomic E-state index is 12.9. The van der Waals surface area contributed by atoms with E-state index in [1.807, 2.05) is 30.3 Å². The van der Waals surface area contributed by atoms with Crippen molar-refractivity contribution in [1.29, 1.82) is 0 Å². The lowest BCUT2D eigenvalue weighted by Crippen LogP contribution is -2.51. The van der Waals surface area contributed by atoms with Crippen LogP contribution in [0.2, 0.25) is 10.0 Å². The molecule has 2 aromatic carbocycles. The number of methoxy groups -OCH3 is 2. The van der Waals surface area contributed by atoms with Gasteiger partial charge in [-0.3, -0.25) is 4.79 Å². The number of hydrogen-bond acceptors (Lipinski definition) is 5. The minimum absolute atomic E-state index is 0.114. The molecule has 1 atom stereocenters. The standard InChI is InChI=1S/C20H24Cl2N2O5S/c1-28-20(29-2,16-10-9-15(21)12-17(16)22)13-23-19(25)18(24-30(3,26)27)11-14-7-5-4-6-8-14/h4-10,12,18,24H,11,13H2,1-3H3,(H,23,25). The molecular formula is C20H24Cl2N2O5S. The third kappa shape index (κ3) is 6.66. The molecule has 2 N–H and O–H groups in total. The van der Waals surface area contributed by atoms with Crippen LogP contribution in [-0.2, 0) is 36.5 Å². The van der Waals surface area contributed by atoms with Crippen LogP contribution >= 0.6 is 23.2 Å². The number of amides is 1. The van der Waals surface area contributed by atoms with Crippen molar-refractivity contribution < 1.29 is 22.7 Å². The van der Waals surface area contributed by atoms with E-state index in [1.54, 1.807) is 12.1 Å².